The molecule has 3 aromatic rings. The zero-order valence-electron chi connectivity index (χ0n) is 21.9. The highest BCUT2D eigenvalue weighted by atomic mass is 35.5. The molecule has 1 heterocycles. The Morgan fingerprint density at radius 1 is 0.811 bits per heavy atom. The molecule has 2 aliphatic rings. The van der Waals surface area contributed by atoms with E-state index >= 15 is 0 Å². The van der Waals surface area contributed by atoms with Crippen LogP contribution in [0.1, 0.15) is 42.5 Å². The van der Waals surface area contributed by atoms with E-state index in [1.807, 2.05) is 18.2 Å². The number of ether oxygens (including phenoxy) is 1. The van der Waals surface area contributed by atoms with Crippen molar-refractivity contribution in [1.29, 1.82) is 0 Å². The molecule has 0 spiro atoms. The molecular formula is C30H36BClN2O3. The average Bonchev–Trinajstić information content (AvgIpc) is 2.92. The van der Waals surface area contributed by atoms with Crippen molar-refractivity contribution in [1.82, 2.24) is 4.90 Å². The largest absolute Gasteiger partial charge is 0.497 e. The number of rotatable bonds is 6. The lowest BCUT2D eigenvalue weighted by atomic mass is 9.77. The van der Waals surface area contributed by atoms with E-state index in [0.29, 0.717) is 11.5 Å². The van der Waals surface area contributed by atoms with Crippen molar-refractivity contribution < 1.29 is 14.8 Å². The smallest absolute Gasteiger partial charge is 0.488 e. The third kappa shape index (κ3) is 5.73. The average molecular weight is 519 g/mol. The lowest BCUT2D eigenvalue weighted by Crippen LogP contribution is -2.48. The molecule has 0 radical (unpaired) electrons. The maximum atomic E-state index is 9.53. The highest BCUT2D eigenvalue weighted by Gasteiger charge is 2.24. The monoisotopic (exact) mass is 518 g/mol. The first kappa shape index (κ1) is 27.3. The van der Waals surface area contributed by atoms with E-state index in [2.05, 4.69) is 60.0 Å². The Hall–Kier alpha value is -2.77. The van der Waals surface area contributed by atoms with E-state index in [4.69, 9.17) is 4.74 Å². The van der Waals surface area contributed by atoms with E-state index < -0.39 is 7.12 Å². The minimum Gasteiger partial charge on any atom is -0.497 e. The molecular weight excluding hydrogens is 483 g/mol. The van der Waals surface area contributed by atoms with Crippen LogP contribution in [0, 0.1) is 0 Å². The van der Waals surface area contributed by atoms with Gasteiger partial charge in [0.05, 0.1) is 7.11 Å². The predicted octanol–water partition coefficient (Wildman–Crippen LogP) is 4.23. The Kier molecular flexibility index (Phi) is 8.65. The molecule has 1 fully saturated rings. The van der Waals surface area contributed by atoms with Gasteiger partial charge in [0.1, 0.15) is 5.75 Å². The SMILES string of the molecule is COc1ccc2c(c1)CCC(c1ccc(B(O)O)cc1)=C2c1ccc(N2CCN(C(C)C)CC2)cc1.Cl. The molecule has 1 aliphatic heterocycles. The van der Waals surface area contributed by atoms with Gasteiger partial charge in [-0.2, -0.15) is 0 Å². The summed E-state index contributed by atoms with van der Waals surface area (Å²) in [7, 11) is 0.255. The van der Waals surface area contributed by atoms with E-state index in [1.165, 1.54) is 33.5 Å². The van der Waals surface area contributed by atoms with Gasteiger partial charge in [0.2, 0.25) is 0 Å². The van der Waals surface area contributed by atoms with Gasteiger partial charge in [0, 0.05) is 37.9 Å². The van der Waals surface area contributed by atoms with Gasteiger partial charge in [-0.05, 0) is 89.8 Å². The zero-order chi connectivity index (χ0) is 25.2. The number of hydrogen-bond acceptors (Lipinski definition) is 5. The second kappa shape index (κ2) is 11.7. The van der Waals surface area contributed by atoms with Gasteiger partial charge in [-0.25, -0.2) is 0 Å². The summed E-state index contributed by atoms with van der Waals surface area (Å²) in [5.74, 6) is 0.883. The second-order valence-corrected chi connectivity index (χ2v) is 10.0. The standard InChI is InChI=1S/C30H35BN2O3.ClH/c1-21(2)32-16-18-33(19-17-32)26-11-6-23(7-12-26)30-28(22-4-9-25(10-5-22)31(34)35)14-8-24-20-27(36-3)13-15-29(24)30;/h4-7,9-13,15,20-21,34-35H,8,14,16-19H2,1-3H3;1H. The molecule has 7 heteroatoms. The number of allylic oxidation sites excluding steroid dienone is 1. The molecule has 0 bridgehead atoms. The quantitative estimate of drug-likeness (QED) is 0.478. The molecule has 0 atom stereocenters. The summed E-state index contributed by atoms with van der Waals surface area (Å²) in [5, 5.41) is 19.1. The van der Waals surface area contributed by atoms with Crippen molar-refractivity contribution in [2.45, 2.75) is 32.7 Å². The molecule has 0 unspecified atom stereocenters. The fourth-order valence-electron chi connectivity index (χ4n) is 5.51. The van der Waals surface area contributed by atoms with Gasteiger partial charge in [-0.15, -0.1) is 12.4 Å². The van der Waals surface area contributed by atoms with Crippen LogP contribution in [0.3, 0.4) is 0 Å². The normalized spacial score (nSPS) is 15.9. The molecule has 5 rings (SSSR count). The number of fused-ring (bicyclic) bond motifs is 1. The topological polar surface area (TPSA) is 56.2 Å². The minimum atomic E-state index is -1.46. The van der Waals surface area contributed by atoms with Crippen molar-refractivity contribution in [3.05, 3.63) is 89.0 Å². The van der Waals surface area contributed by atoms with Gasteiger partial charge in [-0.3, -0.25) is 4.90 Å². The van der Waals surface area contributed by atoms with Crippen LogP contribution >= 0.6 is 12.4 Å². The highest BCUT2D eigenvalue weighted by Crippen LogP contribution is 2.42. The van der Waals surface area contributed by atoms with Crippen molar-refractivity contribution in [3.63, 3.8) is 0 Å². The molecule has 2 N–H and O–H groups in total. The van der Waals surface area contributed by atoms with Crippen LogP contribution in [-0.2, 0) is 6.42 Å². The molecule has 37 heavy (non-hydrogen) atoms. The van der Waals surface area contributed by atoms with Crippen molar-refractivity contribution >= 4 is 41.8 Å². The summed E-state index contributed by atoms with van der Waals surface area (Å²) in [6.45, 7) is 8.85. The fourth-order valence-corrected chi connectivity index (χ4v) is 5.51. The van der Waals surface area contributed by atoms with Crippen LogP contribution in [0.15, 0.2) is 66.7 Å². The first-order valence-corrected chi connectivity index (χ1v) is 12.9. The van der Waals surface area contributed by atoms with Crippen LogP contribution in [0.2, 0.25) is 0 Å². The number of hydrogen-bond donors (Lipinski definition) is 2. The summed E-state index contributed by atoms with van der Waals surface area (Å²) < 4.78 is 5.50. The number of methoxy groups -OCH3 is 1. The number of anilines is 1. The third-order valence-electron chi connectivity index (χ3n) is 7.65. The van der Waals surface area contributed by atoms with Gasteiger partial charge in [0.25, 0.3) is 0 Å². The zero-order valence-corrected chi connectivity index (χ0v) is 22.7. The van der Waals surface area contributed by atoms with Crippen molar-refractivity contribution in [2.75, 3.05) is 38.2 Å². The highest BCUT2D eigenvalue weighted by molar-refractivity contribution is 6.58. The van der Waals surface area contributed by atoms with Crippen LogP contribution < -0.4 is 15.1 Å². The lowest BCUT2D eigenvalue weighted by Gasteiger charge is -2.38. The van der Waals surface area contributed by atoms with Gasteiger partial charge < -0.3 is 19.7 Å². The third-order valence-corrected chi connectivity index (χ3v) is 7.65. The Labute approximate surface area is 226 Å². The minimum absolute atomic E-state index is 0. The summed E-state index contributed by atoms with van der Waals surface area (Å²) in [5.41, 5.74) is 9.15. The van der Waals surface area contributed by atoms with Crippen LogP contribution in [0.5, 0.6) is 5.75 Å². The molecule has 3 aromatic carbocycles. The van der Waals surface area contributed by atoms with E-state index in [0.717, 1.165) is 50.3 Å². The number of nitrogens with zero attached hydrogens (tertiary/aromatic N) is 2. The lowest BCUT2D eigenvalue weighted by molar-refractivity contribution is 0.209. The van der Waals surface area contributed by atoms with Crippen LogP contribution in [0.4, 0.5) is 5.69 Å². The van der Waals surface area contributed by atoms with Gasteiger partial charge >= 0.3 is 7.12 Å². The van der Waals surface area contributed by atoms with E-state index in [-0.39, 0.29) is 12.4 Å². The van der Waals surface area contributed by atoms with Crippen molar-refractivity contribution in [3.8, 4) is 5.75 Å². The molecule has 1 saturated heterocycles. The van der Waals surface area contributed by atoms with E-state index in [1.54, 1.807) is 19.2 Å². The Bertz CT molecular complexity index is 1230. The maximum Gasteiger partial charge on any atom is 0.488 e. The van der Waals surface area contributed by atoms with E-state index in [9.17, 15) is 10.0 Å². The number of aryl methyl sites for hydroxylation is 1. The molecule has 5 nitrogen and oxygen atoms in total. The molecule has 0 saturated carbocycles. The van der Waals surface area contributed by atoms with Crippen LogP contribution in [0.25, 0.3) is 11.1 Å². The summed E-state index contributed by atoms with van der Waals surface area (Å²) in [4.78, 5) is 5.02. The maximum absolute atomic E-state index is 9.53. The Balaban J connectivity index is 0.00000320. The number of halogens is 1. The molecule has 0 aromatic heterocycles. The Morgan fingerprint density at radius 3 is 2.05 bits per heavy atom. The summed E-state index contributed by atoms with van der Waals surface area (Å²) in [6, 6.07) is 23.6. The van der Waals surface area contributed by atoms with Crippen molar-refractivity contribution in [2.24, 2.45) is 0 Å². The molecule has 194 valence electrons. The van der Waals surface area contributed by atoms with Crippen LogP contribution in [-0.4, -0.2) is 61.4 Å². The summed E-state index contributed by atoms with van der Waals surface area (Å²) >= 11 is 0. The Morgan fingerprint density at radius 2 is 1.46 bits per heavy atom. The molecule has 1 aliphatic carbocycles. The first-order valence-electron chi connectivity index (χ1n) is 12.9. The first-order chi connectivity index (χ1) is 17.4. The number of piperazine rings is 1. The predicted molar refractivity (Wildman–Crippen MR) is 156 cm³/mol. The van der Waals surface area contributed by atoms with Gasteiger partial charge in [-0.1, -0.05) is 42.5 Å². The summed E-state index contributed by atoms with van der Waals surface area (Å²) in [6.07, 6.45) is 1.85. The van der Waals surface area contributed by atoms with Gasteiger partial charge in [0.15, 0.2) is 0 Å². The number of benzene rings is 3. The second-order valence-electron chi connectivity index (χ2n) is 10.0. The fraction of sp³-hybridized carbons (Fsp3) is 0.333. The molecule has 0 amide bonds.